The molecule has 3 aromatic rings. The Morgan fingerprint density at radius 2 is 1.87 bits per heavy atom. The number of allylic oxidation sites excluding steroid dienone is 2. The van der Waals surface area contributed by atoms with Crippen LogP contribution in [0.2, 0.25) is 0 Å². The van der Waals surface area contributed by atoms with E-state index in [1.54, 1.807) is 6.92 Å². The predicted molar refractivity (Wildman–Crippen MR) is 131 cm³/mol. The highest BCUT2D eigenvalue weighted by atomic mass is 32.1. The molecule has 2 aromatic heterocycles. The van der Waals surface area contributed by atoms with Gasteiger partial charge < -0.3 is 10.4 Å². The van der Waals surface area contributed by atoms with Gasteiger partial charge >= 0.3 is 0 Å². The van der Waals surface area contributed by atoms with Crippen molar-refractivity contribution in [2.45, 2.75) is 53.9 Å². The Morgan fingerprint density at radius 3 is 2.45 bits per heavy atom. The number of aromatic nitrogens is 2. The number of carbonyl (C=O) groups excluding carboxylic acids is 1. The number of nitrogens with zero attached hydrogens (tertiary/aromatic N) is 1. The SMILES string of the molecule is CCc1[nH]c(/C(=C\C(C)=N)C(CC)CC)nc1-c1sc(C(=O)c2ccccc2)cc1C. The second-order valence-corrected chi connectivity index (χ2v) is 8.93. The Bertz CT molecular complexity index is 1100. The molecule has 0 bridgehead atoms. The number of aromatic amines is 1. The lowest BCUT2D eigenvalue weighted by Crippen LogP contribution is -2.04. The normalized spacial score (nSPS) is 11.9. The quantitative estimate of drug-likeness (QED) is 0.279. The van der Waals surface area contributed by atoms with Gasteiger partial charge in [-0.05, 0) is 62.3 Å². The zero-order valence-electron chi connectivity index (χ0n) is 19.0. The molecule has 2 heterocycles. The maximum atomic E-state index is 12.9. The maximum Gasteiger partial charge on any atom is 0.202 e. The minimum absolute atomic E-state index is 0.0470. The number of hydrogen-bond acceptors (Lipinski definition) is 4. The van der Waals surface area contributed by atoms with Gasteiger partial charge in [0, 0.05) is 17.0 Å². The Kier molecular flexibility index (Phi) is 7.39. The van der Waals surface area contributed by atoms with E-state index in [0.717, 1.165) is 57.4 Å². The van der Waals surface area contributed by atoms with Crippen LogP contribution in [0.1, 0.15) is 72.9 Å². The summed E-state index contributed by atoms with van der Waals surface area (Å²) in [5.74, 6) is 1.24. The third kappa shape index (κ3) is 4.93. The van der Waals surface area contributed by atoms with E-state index < -0.39 is 0 Å². The summed E-state index contributed by atoms with van der Waals surface area (Å²) in [6, 6.07) is 11.4. The third-order valence-corrected chi connectivity index (χ3v) is 6.84. The van der Waals surface area contributed by atoms with Gasteiger partial charge in [-0.2, -0.15) is 0 Å². The Morgan fingerprint density at radius 1 is 1.19 bits per heavy atom. The number of H-pyrrole nitrogens is 1. The van der Waals surface area contributed by atoms with E-state index in [1.165, 1.54) is 11.3 Å². The first-order valence-electron chi connectivity index (χ1n) is 11.0. The van der Waals surface area contributed by atoms with Crippen LogP contribution in [-0.2, 0) is 6.42 Å². The van der Waals surface area contributed by atoms with Crippen molar-refractivity contribution in [2.24, 2.45) is 5.92 Å². The molecular weight excluding hydrogens is 402 g/mol. The number of imidazole rings is 1. The topological polar surface area (TPSA) is 69.6 Å². The van der Waals surface area contributed by atoms with Gasteiger partial charge in [-0.1, -0.05) is 51.1 Å². The molecule has 162 valence electrons. The summed E-state index contributed by atoms with van der Waals surface area (Å²) in [6.45, 7) is 10.3. The lowest BCUT2D eigenvalue weighted by Gasteiger charge is -2.15. The summed E-state index contributed by atoms with van der Waals surface area (Å²) in [5.41, 5.74) is 5.38. The molecule has 3 rings (SSSR count). The summed E-state index contributed by atoms with van der Waals surface area (Å²) in [6.07, 6.45) is 4.76. The smallest absolute Gasteiger partial charge is 0.202 e. The van der Waals surface area contributed by atoms with Gasteiger partial charge in [-0.25, -0.2) is 4.98 Å². The van der Waals surface area contributed by atoms with Crippen molar-refractivity contribution in [2.75, 3.05) is 0 Å². The molecule has 0 aliphatic heterocycles. The average Bonchev–Trinajstić information content (AvgIpc) is 3.36. The molecule has 0 amide bonds. The van der Waals surface area contributed by atoms with Crippen LogP contribution >= 0.6 is 11.3 Å². The first kappa shape index (κ1) is 22.9. The van der Waals surface area contributed by atoms with E-state index in [-0.39, 0.29) is 5.78 Å². The van der Waals surface area contributed by atoms with Crippen LogP contribution in [0.25, 0.3) is 16.1 Å². The zero-order valence-corrected chi connectivity index (χ0v) is 19.8. The monoisotopic (exact) mass is 433 g/mol. The number of ketones is 1. The van der Waals surface area contributed by atoms with Crippen molar-refractivity contribution in [1.82, 2.24) is 9.97 Å². The number of rotatable bonds is 9. The van der Waals surface area contributed by atoms with Crippen molar-refractivity contribution in [3.63, 3.8) is 0 Å². The summed E-state index contributed by atoms with van der Waals surface area (Å²) in [5, 5.41) is 8.00. The molecule has 0 radical (unpaired) electrons. The van der Waals surface area contributed by atoms with Crippen LogP contribution in [0.5, 0.6) is 0 Å². The zero-order chi connectivity index (χ0) is 22.5. The van der Waals surface area contributed by atoms with E-state index in [9.17, 15) is 4.79 Å². The van der Waals surface area contributed by atoms with Crippen LogP contribution in [0, 0.1) is 18.3 Å². The first-order chi connectivity index (χ1) is 14.9. The molecule has 0 unspecified atom stereocenters. The minimum atomic E-state index is 0.0470. The number of benzene rings is 1. The van der Waals surface area contributed by atoms with E-state index >= 15 is 0 Å². The van der Waals surface area contributed by atoms with Crippen LogP contribution in [-0.4, -0.2) is 21.5 Å². The largest absolute Gasteiger partial charge is 0.342 e. The van der Waals surface area contributed by atoms with Gasteiger partial charge in [-0.15, -0.1) is 11.3 Å². The van der Waals surface area contributed by atoms with Crippen LogP contribution in [0.3, 0.4) is 0 Å². The maximum absolute atomic E-state index is 12.9. The van der Waals surface area contributed by atoms with Crippen molar-refractivity contribution < 1.29 is 4.79 Å². The highest BCUT2D eigenvalue weighted by molar-refractivity contribution is 7.17. The summed E-state index contributed by atoms with van der Waals surface area (Å²) < 4.78 is 0. The van der Waals surface area contributed by atoms with Crippen LogP contribution in [0.4, 0.5) is 0 Å². The molecule has 2 N–H and O–H groups in total. The average molecular weight is 434 g/mol. The van der Waals surface area contributed by atoms with Crippen molar-refractivity contribution >= 4 is 28.4 Å². The van der Waals surface area contributed by atoms with Crippen molar-refractivity contribution in [3.05, 3.63) is 70.0 Å². The van der Waals surface area contributed by atoms with E-state index in [2.05, 4.69) is 25.8 Å². The molecule has 0 saturated carbocycles. The van der Waals surface area contributed by atoms with Gasteiger partial charge in [0.05, 0.1) is 9.75 Å². The minimum Gasteiger partial charge on any atom is -0.342 e. The summed E-state index contributed by atoms with van der Waals surface area (Å²) in [7, 11) is 0. The molecule has 31 heavy (non-hydrogen) atoms. The van der Waals surface area contributed by atoms with Gasteiger partial charge in [-0.3, -0.25) is 4.79 Å². The highest BCUT2D eigenvalue weighted by Gasteiger charge is 2.22. The molecule has 0 aliphatic rings. The second-order valence-electron chi connectivity index (χ2n) is 7.88. The second kappa shape index (κ2) is 10.0. The van der Waals surface area contributed by atoms with E-state index in [0.29, 0.717) is 17.2 Å². The fourth-order valence-electron chi connectivity index (χ4n) is 3.89. The fourth-order valence-corrected chi connectivity index (χ4v) is 5.04. The van der Waals surface area contributed by atoms with Gasteiger partial charge in [0.15, 0.2) is 0 Å². The predicted octanol–water partition coefficient (Wildman–Crippen LogP) is 7.10. The van der Waals surface area contributed by atoms with Crippen LogP contribution < -0.4 is 0 Å². The summed E-state index contributed by atoms with van der Waals surface area (Å²) >= 11 is 1.51. The number of hydrogen-bond donors (Lipinski definition) is 2. The summed E-state index contributed by atoms with van der Waals surface area (Å²) in [4.78, 5) is 23.3. The molecule has 1 aromatic carbocycles. The van der Waals surface area contributed by atoms with E-state index in [1.807, 2.05) is 49.4 Å². The lowest BCUT2D eigenvalue weighted by molar-refractivity contribution is 0.104. The Labute approximate surface area is 189 Å². The fraction of sp³-hybridized carbons (Fsp3) is 0.346. The Balaban J connectivity index is 2.06. The molecule has 0 atom stereocenters. The molecular formula is C26H31N3OS. The van der Waals surface area contributed by atoms with Gasteiger partial charge in [0.2, 0.25) is 5.78 Å². The molecule has 4 nitrogen and oxygen atoms in total. The molecule has 0 aliphatic carbocycles. The van der Waals surface area contributed by atoms with Crippen LogP contribution in [0.15, 0.2) is 42.5 Å². The number of carbonyl (C=O) groups is 1. The molecule has 0 spiro atoms. The van der Waals surface area contributed by atoms with Crippen molar-refractivity contribution in [1.29, 1.82) is 5.41 Å². The van der Waals surface area contributed by atoms with Crippen molar-refractivity contribution in [3.8, 4) is 10.6 Å². The van der Waals surface area contributed by atoms with Gasteiger partial charge in [0.25, 0.3) is 0 Å². The number of thiophene rings is 1. The number of nitrogens with one attached hydrogen (secondary N) is 2. The van der Waals surface area contributed by atoms with E-state index in [4.69, 9.17) is 10.4 Å². The lowest BCUT2D eigenvalue weighted by atomic mass is 9.92. The standard InChI is InChI=1S/C26H31N3OS/c1-6-18(7-2)20(15-17(5)27)26-28-21(8-3)23(29-26)25-16(4)14-22(31-25)24(30)19-12-10-9-11-13-19/h9-15,18,27H,6-8H2,1-5H3,(H,28,29)/b20-15-,27-17?. The van der Waals surface area contributed by atoms with Gasteiger partial charge in [0.1, 0.15) is 11.5 Å². The molecule has 0 saturated heterocycles. The molecule has 5 heteroatoms. The third-order valence-electron chi connectivity index (χ3n) is 5.60. The number of aryl methyl sites for hydroxylation is 2. The first-order valence-corrected chi connectivity index (χ1v) is 11.8. The molecule has 0 fully saturated rings. The Hall–Kier alpha value is -2.79. The highest BCUT2D eigenvalue weighted by Crippen LogP contribution is 2.37.